The fourth-order valence-corrected chi connectivity index (χ4v) is 3.12. The van der Waals surface area contributed by atoms with Crippen LogP contribution in [0.2, 0.25) is 0 Å². The van der Waals surface area contributed by atoms with Crippen molar-refractivity contribution in [3.05, 3.63) is 64.2 Å². The largest absolute Gasteiger partial charge is 0.331 e. The molecule has 0 aliphatic carbocycles. The highest BCUT2D eigenvalue weighted by atomic mass is 32.1. The Morgan fingerprint density at radius 2 is 1.90 bits per heavy atom. The average molecular weight is 300 g/mol. The molecule has 2 nitrogen and oxygen atoms in total. The van der Waals surface area contributed by atoms with Crippen LogP contribution in [0.5, 0.6) is 0 Å². The van der Waals surface area contributed by atoms with E-state index in [4.69, 9.17) is 12.2 Å². The molecule has 0 bridgehead atoms. The van der Waals surface area contributed by atoms with E-state index in [0.29, 0.717) is 0 Å². The van der Waals surface area contributed by atoms with Gasteiger partial charge in [0.1, 0.15) is 5.82 Å². The number of hydrogen-bond donors (Lipinski definition) is 1. The van der Waals surface area contributed by atoms with Gasteiger partial charge in [-0.15, -0.1) is 0 Å². The SMILES string of the molecule is Cc1ccc2c(c1)[nH]c(=S)n2C(C)Cc1ccc(F)cc1. The maximum Gasteiger partial charge on any atom is 0.178 e. The summed E-state index contributed by atoms with van der Waals surface area (Å²) in [6.07, 6.45) is 0.815. The van der Waals surface area contributed by atoms with Crippen molar-refractivity contribution in [1.82, 2.24) is 9.55 Å². The lowest BCUT2D eigenvalue weighted by molar-refractivity contribution is 0.551. The van der Waals surface area contributed by atoms with Gasteiger partial charge in [0.05, 0.1) is 11.0 Å². The van der Waals surface area contributed by atoms with Gasteiger partial charge in [0.25, 0.3) is 0 Å². The molecule has 1 atom stereocenters. The van der Waals surface area contributed by atoms with E-state index in [-0.39, 0.29) is 11.9 Å². The first-order valence-corrected chi connectivity index (χ1v) is 7.41. The van der Waals surface area contributed by atoms with Gasteiger partial charge < -0.3 is 9.55 Å². The Morgan fingerprint density at radius 1 is 1.19 bits per heavy atom. The van der Waals surface area contributed by atoms with Crippen molar-refractivity contribution in [2.45, 2.75) is 26.3 Å². The molecule has 1 N–H and O–H groups in total. The second kappa shape index (κ2) is 5.45. The summed E-state index contributed by atoms with van der Waals surface area (Å²) < 4.78 is 15.8. The molecular formula is C17H17FN2S. The quantitative estimate of drug-likeness (QED) is 0.679. The molecule has 3 rings (SSSR count). The summed E-state index contributed by atoms with van der Waals surface area (Å²) in [6.45, 7) is 4.20. The van der Waals surface area contributed by atoms with Crippen LogP contribution in [-0.4, -0.2) is 9.55 Å². The highest BCUT2D eigenvalue weighted by Crippen LogP contribution is 2.23. The van der Waals surface area contributed by atoms with Gasteiger partial charge in [-0.25, -0.2) is 4.39 Å². The van der Waals surface area contributed by atoms with E-state index in [0.717, 1.165) is 27.8 Å². The first-order valence-electron chi connectivity index (χ1n) is 7.00. The molecule has 4 heteroatoms. The van der Waals surface area contributed by atoms with Gasteiger partial charge in [0.2, 0.25) is 0 Å². The topological polar surface area (TPSA) is 20.7 Å². The molecule has 2 aromatic carbocycles. The molecule has 0 aliphatic heterocycles. The summed E-state index contributed by atoms with van der Waals surface area (Å²) in [5, 5.41) is 0. The number of fused-ring (bicyclic) bond motifs is 1. The monoisotopic (exact) mass is 300 g/mol. The summed E-state index contributed by atoms with van der Waals surface area (Å²) in [7, 11) is 0. The normalized spacial score (nSPS) is 12.7. The minimum Gasteiger partial charge on any atom is -0.331 e. The molecule has 0 spiro atoms. The van der Waals surface area contributed by atoms with E-state index in [2.05, 4.69) is 41.6 Å². The van der Waals surface area contributed by atoms with Gasteiger partial charge >= 0.3 is 0 Å². The molecule has 21 heavy (non-hydrogen) atoms. The lowest BCUT2D eigenvalue weighted by Crippen LogP contribution is -2.08. The first kappa shape index (κ1) is 14.0. The molecule has 1 unspecified atom stereocenters. The van der Waals surface area contributed by atoms with Crippen LogP contribution < -0.4 is 0 Å². The molecule has 1 heterocycles. The van der Waals surface area contributed by atoms with Crippen molar-refractivity contribution >= 4 is 23.3 Å². The van der Waals surface area contributed by atoms with Crippen LogP contribution in [0.15, 0.2) is 42.5 Å². The van der Waals surface area contributed by atoms with Crippen molar-refractivity contribution in [3.63, 3.8) is 0 Å². The lowest BCUT2D eigenvalue weighted by atomic mass is 10.1. The second-order valence-electron chi connectivity index (χ2n) is 5.50. The number of aryl methyl sites for hydroxylation is 1. The van der Waals surface area contributed by atoms with Crippen LogP contribution in [0.3, 0.4) is 0 Å². The number of aromatic nitrogens is 2. The summed E-state index contributed by atoms with van der Waals surface area (Å²) in [6, 6.07) is 13.2. The van der Waals surface area contributed by atoms with Crippen molar-refractivity contribution < 1.29 is 4.39 Å². The zero-order valence-corrected chi connectivity index (χ0v) is 12.9. The fraction of sp³-hybridized carbons (Fsp3) is 0.235. The van der Waals surface area contributed by atoms with Gasteiger partial charge in [-0.1, -0.05) is 18.2 Å². The molecule has 1 aromatic heterocycles. The Morgan fingerprint density at radius 3 is 2.62 bits per heavy atom. The van der Waals surface area contributed by atoms with Crippen LogP contribution in [0.4, 0.5) is 4.39 Å². The Kier molecular flexibility index (Phi) is 3.64. The third-order valence-corrected chi connectivity index (χ3v) is 4.06. The third kappa shape index (κ3) is 2.76. The van der Waals surface area contributed by atoms with Crippen LogP contribution in [0.25, 0.3) is 11.0 Å². The first-order chi connectivity index (χ1) is 10.0. The van der Waals surface area contributed by atoms with E-state index in [9.17, 15) is 4.39 Å². The minimum atomic E-state index is -0.203. The highest BCUT2D eigenvalue weighted by Gasteiger charge is 2.12. The zero-order valence-electron chi connectivity index (χ0n) is 12.1. The van der Waals surface area contributed by atoms with E-state index in [1.807, 2.05) is 12.1 Å². The van der Waals surface area contributed by atoms with Crippen LogP contribution in [-0.2, 0) is 6.42 Å². The second-order valence-corrected chi connectivity index (χ2v) is 5.89. The number of H-pyrrole nitrogens is 1. The van der Waals surface area contributed by atoms with Crippen molar-refractivity contribution in [2.75, 3.05) is 0 Å². The van der Waals surface area contributed by atoms with E-state index in [1.165, 1.54) is 17.7 Å². The lowest BCUT2D eigenvalue weighted by Gasteiger charge is -2.15. The molecular weight excluding hydrogens is 283 g/mol. The third-order valence-electron chi connectivity index (χ3n) is 3.76. The molecule has 0 fully saturated rings. The number of halogens is 1. The average Bonchev–Trinajstić information content (AvgIpc) is 2.76. The van der Waals surface area contributed by atoms with E-state index in [1.54, 1.807) is 0 Å². The number of imidazole rings is 1. The Bertz CT molecular complexity index is 830. The number of aromatic amines is 1. The number of rotatable bonds is 3. The number of nitrogens with zero attached hydrogens (tertiary/aromatic N) is 1. The highest BCUT2D eigenvalue weighted by molar-refractivity contribution is 7.71. The maximum atomic E-state index is 13.0. The molecule has 108 valence electrons. The minimum absolute atomic E-state index is 0.203. The number of nitrogens with one attached hydrogen (secondary N) is 1. The van der Waals surface area contributed by atoms with Gasteiger partial charge in [-0.2, -0.15) is 0 Å². The summed E-state index contributed by atoms with van der Waals surface area (Å²) in [4.78, 5) is 3.26. The molecule has 0 amide bonds. The molecule has 0 saturated carbocycles. The predicted molar refractivity (Wildman–Crippen MR) is 86.7 cm³/mol. The molecule has 0 saturated heterocycles. The van der Waals surface area contributed by atoms with E-state index >= 15 is 0 Å². The Hall–Kier alpha value is -1.94. The number of benzene rings is 2. The summed E-state index contributed by atoms with van der Waals surface area (Å²) >= 11 is 5.46. The summed E-state index contributed by atoms with van der Waals surface area (Å²) in [5.41, 5.74) is 4.48. The van der Waals surface area contributed by atoms with Gasteiger partial charge in [-0.3, -0.25) is 0 Å². The molecule has 0 radical (unpaired) electrons. The van der Waals surface area contributed by atoms with Crippen molar-refractivity contribution in [1.29, 1.82) is 0 Å². The van der Waals surface area contributed by atoms with Gasteiger partial charge in [0, 0.05) is 6.04 Å². The van der Waals surface area contributed by atoms with Crippen molar-refractivity contribution in [2.24, 2.45) is 0 Å². The number of hydrogen-bond acceptors (Lipinski definition) is 1. The smallest absolute Gasteiger partial charge is 0.178 e. The van der Waals surface area contributed by atoms with Crippen LogP contribution >= 0.6 is 12.2 Å². The Balaban J connectivity index is 1.97. The maximum absolute atomic E-state index is 13.0. The Labute approximate surface area is 128 Å². The standard InChI is InChI=1S/C17H17FN2S/c1-11-3-8-16-15(9-11)19-17(21)20(16)12(2)10-13-4-6-14(18)7-5-13/h3-9,12H,10H2,1-2H3,(H,19,21). The zero-order chi connectivity index (χ0) is 15.0. The van der Waals surface area contributed by atoms with Gasteiger partial charge in [0.15, 0.2) is 4.77 Å². The van der Waals surface area contributed by atoms with Crippen LogP contribution in [0, 0.1) is 17.5 Å². The van der Waals surface area contributed by atoms with Gasteiger partial charge in [-0.05, 0) is 67.9 Å². The van der Waals surface area contributed by atoms with Crippen LogP contribution in [0.1, 0.15) is 24.1 Å². The van der Waals surface area contributed by atoms with E-state index < -0.39 is 0 Å². The fourth-order valence-electron chi connectivity index (χ4n) is 2.74. The molecule has 0 aliphatic rings. The predicted octanol–water partition coefficient (Wildman–Crippen LogP) is 4.95. The molecule has 3 aromatic rings. The summed E-state index contributed by atoms with van der Waals surface area (Å²) in [5.74, 6) is -0.203. The van der Waals surface area contributed by atoms with Crippen molar-refractivity contribution in [3.8, 4) is 0 Å².